The summed E-state index contributed by atoms with van der Waals surface area (Å²) in [4.78, 5) is 23.4. The van der Waals surface area contributed by atoms with Gasteiger partial charge >= 0.3 is 6.09 Å². The molecule has 20 heavy (non-hydrogen) atoms. The predicted octanol–water partition coefficient (Wildman–Crippen LogP) is 1.31. The Balaban J connectivity index is 1.86. The number of nitrogens with zero attached hydrogens (tertiary/aromatic N) is 1. The average Bonchev–Trinajstić information content (AvgIpc) is 2.60. The molecule has 1 saturated carbocycles. The highest BCUT2D eigenvalue weighted by Gasteiger charge is 2.51. The first-order chi connectivity index (χ1) is 9.29. The lowest BCUT2D eigenvalue weighted by Crippen LogP contribution is -2.42. The van der Waals surface area contributed by atoms with E-state index in [9.17, 15) is 22.8 Å². The second kappa shape index (κ2) is 5.49. The van der Waals surface area contributed by atoms with Crippen LogP contribution >= 0.6 is 0 Å². The fourth-order valence-electron chi connectivity index (χ4n) is 2.63. The van der Waals surface area contributed by atoms with E-state index in [1.165, 1.54) is 0 Å². The van der Waals surface area contributed by atoms with Crippen LogP contribution in [0.2, 0.25) is 0 Å². The van der Waals surface area contributed by atoms with E-state index in [0.717, 1.165) is 4.90 Å². The Labute approximate surface area is 114 Å². The van der Waals surface area contributed by atoms with Crippen molar-refractivity contribution in [3.63, 3.8) is 0 Å². The van der Waals surface area contributed by atoms with Crippen LogP contribution in [0.5, 0.6) is 0 Å². The maximum absolute atomic E-state index is 13.8. The van der Waals surface area contributed by atoms with Crippen LogP contribution in [0.1, 0.15) is 19.3 Å². The molecule has 1 saturated heterocycles. The van der Waals surface area contributed by atoms with Crippen LogP contribution in [0.3, 0.4) is 0 Å². The lowest BCUT2D eigenvalue weighted by molar-refractivity contribution is -0.140. The van der Waals surface area contributed by atoms with Gasteiger partial charge in [-0.05, 0) is 19.3 Å². The second-order valence-corrected chi connectivity index (χ2v) is 5.40. The molecule has 0 spiro atoms. The van der Waals surface area contributed by atoms with Crippen molar-refractivity contribution in [1.29, 1.82) is 0 Å². The van der Waals surface area contributed by atoms with Gasteiger partial charge in [-0.1, -0.05) is 0 Å². The van der Waals surface area contributed by atoms with E-state index in [2.05, 4.69) is 4.74 Å². The van der Waals surface area contributed by atoms with Gasteiger partial charge in [0, 0.05) is 18.4 Å². The number of likely N-dealkylation sites (tertiary alicyclic amines) is 1. The van der Waals surface area contributed by atoms with E-state index in [1.54, 1.807) is 0 Å². The Morgan fingerprint density at radius 3 is 2.55 bits per heavy atom. The molecule has 114 valence electrons. The topological polar surface area (TPSA) is 72.6 Å². The molecule has 1 unspecified atom stereocenters. The van der Waals surface area contributed by atoms with Crippen LogP contribution in [0, 0.1) is 11.8 Å². The molecule has 1 aliphatic carbocycles. The summed E-state index contributed by atoms with van der Waals surface area (Å²) in [6.45, 7) is -0.949. The van der Waals surface area contributed by atoms with Gasteiger partial charge < -0.3 is 15.4 Å². The minimum Gasteiger partial charge on any atom is -0.450 e. The maximum atomic E-state index is 13.8. The number of hydrogen-bond acceptors (Lipinski definition) is 3. The quantitative estimate of drug-likeness (QED) is 0.849. The SMILES string of the molecule is NC(=O)OCCC1CN(C(=O)C2CC(F)C2)CC1(F)F. The molecule has 2 rings (SSSR count). The standard InChI is InChI=1S/C12H17F3N2O3/c13-9-3-7(4-9)10(18)17-5-8(12(14,15)6-17)1-2-20-11(16)19/h7-9H,1-6H2,(H2,16,19). The molecule has 2 aliphatic rings. The van der Waals surface area contributed by atoms with Crippen molar-refractivity contribution in [3.05, 3.63) is 0 Å². The Hall–Kier alpha value is -1.47. The highest BCUT2D eigenvalue weighted by molar-refractivity contribution is 5.80. The summed E-state index contributed by atoms with van der Waals surface area (Å²) >= 11 is 0. The number of nitrogens with two attached hydrogens (primary N) is 1. The average molecular weight is 294 g/mol. The number of carbonyl (C=O) groups excluding carboxylic acids is 2. The van der Waals surface area contributed by atoms with Gasteiger partial charge in [0.05, 0.1) is 13.2 Å². The minimum atomic E-state index is -3.02. The zero-order chi connectivity index (χ0) is 14.9. The summed E-state index contributed by atoms with van der Waals surface area (Å²) in [6, 6.07) is 0. The van der Waals surface area contributed by atoms with Crippen LogP contribution in [-0.2, 0) is 9.53 Å². The molecule has 1 atom stereocenters. The van der Waals surface area contributed by atoms with Crippen LogP contribution in [0.15, 0.2) is 0 Å². The van der Waals surface area contributed by atoms with Gasteiger partial charge in [0.25, 0.3) is 5.92 Å². The first kappa shape index (κ1) is 14.9. The van der Waals surface area contributed by atoms with E-state index in [4.69, 9.17) is 5.73 Å². The second-order valence-electron chi connectivity index (χ2n) is 5.40. The fraction of sp³-hybridized carbons (Fsp3) is 0.833. The summed E-state index contributed by atoms with van der Waals surface area (Å²) in [7, 11) is 0. The summed E-state index contributed by atoms with van der Waals surface area (Å²) < 4.78 is 44.7. The third-order valence-corrected chi connectivity index (χ3v) is 3.89. The lowest BCUT2D eigenvalue weighted by Gasteiger charge is -2.31. The zero-order valence-electron chi connectivity index (χ0n) is 10.9. The Morgan fingerprint density at radius 1 is 1.35 bits per heavy atom. The van der Waals surface area contributed by atoms with Crippen molar-refractivity contribution in [1.82, 2.24) is 4.90 Å². The van der Waals surface area contributed by atoms with E-state index in [-0.39, 0.29) is 32.4 Å². The van der Waals surface area contributed by atoms with Gasteiger partial charge in [-0.3, -0.25) is 4.79 Å². The van der Waals surface area contributed by atoms with Crippen LogP contribution in [-0.4, -0.2) is 48.7 Å². The summed E-state index contributed by atoms with van der Waals surface area (Å²) in [5.74, 6) is -4.96. The van der Waals surface area contributed by atoms with Gasteiger partial charge in [0.15, 0.2) is 0 Å². The number of ether oxygens (including phenoxy) is 1. The molecule has 0 aromatic heterocycles. The molecule has 0 aromatic rings. The van der Waals surface area contributed by atoms with Crippen LogP contribution in [0.4, 0.5) is 18.0 Å². The highest BCUT2D eigenvalue weighted by atomic mass is 19.3. The largest absolute Gasteiger partial charge is 0.450 e. The maximum Gasteiger partial charge on any atom is 0.404 e. The zero-order valence-corrected chi connectivity index (χ0v) is 10.9. The molecule has 0 radical (unpaired) electrons. The Morgan fingerprint density at radius 2 is 2.00 bits per heavy atom. The minimum absolute atomic E-state index is 0.0594. The molecule has 0 aromatic carbocycles. The molecule has 2 amide bonds. The van der Waals surface area contributed by atoms with E-state index in [0.29, 0.717) is 0 Å². The number of hydrogen-bond donors (Lipinski definition) is 1. The highest BCUT2D eigenvalue weighted by Crippen LogP contribution is 2.38. The smallest absolute Gasteiger partial charge is 0.404 e. The van der Waals surface area contributed by atoms with E-state index < -0.39 is 42.5 Å². The molecule has 2 N–H and O–H groups in total. The van der Waals surface area contributed by atoms with Crippen molar-refractivity contribution in [2.75, 3.05) is 19.7 Å². The normalized spacial score (nSPS) is 31.8. The number of primary amides is 1. The summed E-state index contributed by atoms with van der Waals surface area (Å²) in [6.07, 6.45) is -1.82. The summed E-state index contributed by atoms with van der Waals surface area (Å²) in [5, 5.41) is 0. The molecule has 8 heteroatoms. The summed E-state index contributed by atoms with van der Waals surface area (Å²) in [5.41, 5.74) is 4.75. The van der Waals surface area contributed by atoms with E-state index in [1.807, 2.05) is 0 Å². The van der Waals surface area contributed by atoms with Crippen LogP contribution in [0.25, 0.3) is 0 Å². The molecule has 5 nitrogen and oxygen atoms in total. The van der Waals surface area contributed by atoms with Gasteiger partial charge in [-0.25, -0.2) is 18.0 Å². The number of amides is 2. The number of rotatable bonds is 4. The number of alkyl halides is 3. The number of halogens is 3. The molecule has 0 bridgehead atoms. The molecular formula is C12H17F3N2O3. The lowest BCUT2D eigenvalue weighted by atomic mass is 9.82. The molecule has 1 heterocycles. The first-order valence-corrected chi connectivity index (χ1v) is 6.52. The van der Waals surface area contributed by atoms with Crippen molar-refractivity contribution >= 4 is 12.0 Å². The Kier molecular flexibility index (Phi) is 4.10. The fourth-order valence-corrected chi connectivity index (χ4v) is 2.63. The molecule has 2 fully saturated rings. The van der Waals surface area contributed by atoms with Gasteiger partial charge in [0.2, 0.25) is 5.91 Å². The Bertz CT molecular complexity index is 399. The molecular weight excluding hydrogens is 277 g/mol. The number of carbonyl (C=O) groups is 2. The van der Waals surface area contributed by atoms with Crippen molar-refractivity contribution in [3.8, 4) is 0 Å². The monoisotopic (exact) mass is 294 g/mol. The van der Waals surface area contributed by atoms with Gasteiger partial charge in [-0.2, -0.15) is 0 Å². The third-order valence-electron chi connectivity index (χ3n) is 3.89. The van der Waals surface area contributed by atoms with Crippen molar-refractivity contribution in [2.24, 2.45) is 17.6 Å². The van der Waals surface area contributed by atoms with Gasteiger partial charge in [0.1, 0.15) is 6.17 Å². The van der Waals surface area contributed by atoms with Crippen molar-refractivity contribution in [2.45, 2.75) is 31.4 Å². The molecule has 1 aliphatic heterocycles. The van der Waals surface area contributed by atoms with E-state index >= 15 is 0 Å². The van der Waals surface area contributed by atoms with Gasteiger partial charge in [-0.15, -0.1) is 0 Å². The first-order valence-electron chi connectivity index (χ1n) is 6.52. The third kappa shape index (κ3) is 3.16. The van der Waals surface area contributed by atoms with Crippen LogP contribution < -0.4 is 5.73 Å². The van der Waals surface area contributed by atoms with Crippen molar-refractivity contribution < 1.29 is 27.5 Å². The predicted molar refractivity (Wildman–Crippen MR) is 62.8 cm³/mol.